The summed E-state index contributed by atoms with van der Waals surface area (Å²) in [5, 5.41) is 9.33. The molecule has 10 nitrogen and oxygen atoms in total. The Bertz CT molecular complexity index is 1310. The van der Waals surface area contributed by atoms with E-state index in [-0.39, 0.29) is 41.6 Å². The van der Waals surface area contributed by atoms with Crippen molar-refractivity contribution < 1.29 is 33.8 Å². The van der Waals surface area contributed by atoms with Gasteiger partial charge < -0.3 is 29.3 Å². The summed E-state index contributed by atoms with van der Waals surface area (Å²) < 4.78 is 13.0. The van der Waals surface area contributed by atoms with E-state index in [1.54, 1.807) is 33.9 Å². The van der Waals surface area contributed by atoms with Crippen molar-refractivity contribution in [2.45, 2.75) is 100 Å². The first kappa shape index (κ1) is 36.8. The molecule has 0 aromatic heterocycles. The van der Waals surface area contributed by atoms with Crippen LogP contribution in [0.2, 0.25) is 0 Å². The van der Waals surface area contributed by atoms with Crippen LogP contribution >= 0.6 is 15.9 Å². The predicted octanol–water partition coefficient (Wildman–Crippen LogP) is 4.42. The van der Waals surface area contributed by atoms with E-state index in [1.165, 1.54) is 0 Å². The van der Waals surface area contributed by atoms with E-state index in [1.807, 2.05) is 51.1 Å². The maximum absolute atomic E-state index is 14.4. The van der Waals surface area contributed by atoms with Crippen molar-refractivity contribution in [1.29, 1.82) is 0 Å². The molecule has 1 N–H and O–H groups in total. The molecule has 0 aliphatic carbocycles. The Labute approximate surface area is 287 Å². The molecule has 3 aliphatic heterocycles. The molecule has 3 heterocycles. The molecule has 1 aromatic rings. The zero-order valence-electron chi connectivity index (χ0n) is 28.1. The highest BCUT2D eigenvalue weighted by atomic mass is 79.9. The lowest BCUT2D eigenvalue weighted by Gasteiger charge is -2.38. The van der Waals surface area contributed by atoms with E-state index in [0.717, 1.165) is 5.56 Å². The third-order valence-corrected chi connectivity index (χ3v) is 10.8. The number of fused-ring (bicyclic) bond motifs is 1. The number of esters is 1. The fourth-order valence-corrected chi connectivity index (χ4v) is 8.41. The number of unbranched alkanes of at least 4 members (excludes halogenated alkanes) is 2. The van der Waals surface area contributed by atoms with Gasteiger partial charge in [0, 0.05) is 44.0 Å². The maximum atomic E-state index is 14.4. The summed E-state index contributed by atoms with van der Waals surface area (Å²) in [6.45, 7) is 13.9. The third kappa shape index (κ3) is 7.22. The smallest absolute Gasteiger partial charge is 0.313 e. The van der Waals surface area contributed by atoms with Crippen LogP contribution in [-0.4, -0.2) is 105 Å². The average molecular weight is 717 g/mol. The first-order valence-electron chi connectivity index (χ1n) is 16.7. The monoisotopic (exact) mass is 715 g/mol. The number of amides is 3. The number of alkyl halides is 1. The standard InChI is InChI=1S/C36H50BrN3O7/c1-7-9-18-27(42)38(6)24(5)30(25-16-12-10-13-17-25)46-35(45)28-29-33(43)40(20-14-11-15-21-41)32(34(44)39(19-8-2)23(3)4)36(29)22-26(37)31(28)47-36/h7-8,10,12-13,16-17,23-24,26,28-32,41H,1-2,9,11,14-15,18-22H2,3-6H3/t24-,26?,28+,29-,30+,31+,32+,36-/m1/s1. The molecule has 3 fully saturated rings. The Kier molecular flexibility index (Phi) is 12.5. The largest absolute Gasteiger partial charge is 0.455 e. The second-order valence-corrected chi connectivity index (χ2v) is 14.4. The molecule has 3 saturated heterocycles. The topological polar surface area (TPSA) is 117 Å². The molecule has 258 valence electrons. The van der Waals surface area contributed by atoms with E-state index >= 15 is 0 Å². The quantitative estimate of drug-likeness (QED) is 0.110. The van der Waals surface area contributed by atoms with Crippen LogP contribution in [0.15, 0.2) is 55.6 Å². The molecule has 4 rings (SSSR count). The number of halogens is 1. The van der Waals surface area contributed by atoms with Crippen LogP contribution in [0, 0.1) is 11.8 Å². The number of aliphatic hydroxyl groups is 1. The summed E-state index contributed by atoms with van der Waals surface area (Å²) in [7, 11) is 1.69. The zero-order chi connectivity index (χ0) is 34.5. The van der Waals surface area contributed by atoms with E-state index in [0.29, 0.717) is 45.2 Å². The fraction of sp³-hybridized carbons (Fsp3) is 0.611. The van der Waals surface area contributed by atoms with Gasteiger partial charge in [-0.1, -0.05) is 58.4 Å². The number of hydrogen-bond donors (Lipinski definition) is 1. The molecule has 0 saturated carbocycles. The Morgan fingerprint density at radius 3 is 2.47 bits per heavy atom. The van der Waals surface area contributed by atoms with Crippen LogP contribution in [-0.2, 0) is 28.7 Å². The highest BCUT2D eigenvalue weighted by Gasteiger charge is 2.77. The number of nitrogens with zero attached hydrogens (tertiary/aromatic N) is 3. The molecular weight excluding hydrogens is 666 g/mol. The van der Waals surface area contributed by atoms with Gasteiger partial charge in [0.2, 0.25) is 17.7 Å². The summed E-state index contributed by atoms with van der Waals surface area (Å²) in [4.78, 5) is 60.8. The summed E-state index contributed by atoms with van der Waals surface area (Å²) in [6.07, 6.45) is 4.95. The minimum absolute atomic E-state index is 0.0450. The Balaban J connectivity index is 1.70. The molecule has 3 amide bonds. The number of carbonyl (C=O) groups excluding carboxylic acids is 4. The number of allylic oxidation sites excluding steroid dienone is 1. The van der Waals surface area contributed by atoms with Crippen LogP contribution in [0.4, 0.5) is 0 Å². The minimum atomic E-state index is -1.21. The molecular formula is C36H50BrN3O7. The van der Waals surface area contributed by atoms with Gasteiger partial charge >= 0.3 is 5.97 Å². The third-order valence-electron chi connectivity index (χ3n) is 9.96. The molecule has 8 atom stereocenters. The highest BCUT2D eigenvalue weighted by molar-refractivity contribution is 9.09. The maximum Gasteiger partial charge on any atom is 0.313 e. The average Bonchev–Trinajstić information content (AvgIpc) is 3.65. The first-order chi connectivity index (χ1) is 22.4. The number of benzene rings is 1. The molecule has 1 spiro atoms. The normalized spacial score (nSPS) is 27.3. The summed E-state index contributed by atoms with van der Waals surface area (Å²) in [5.74, 6) is -3.08. The second-order valence-electron chi connectivity index (χ2n) is 13.2. The number of carbonyl (C=O) groups is 4. The van der Waals surface area contributed by atoms with Crippen molar-refractivity contribution in [3.63, 3.8) is 0 Å². The minimum Gasteiger partial charge on any atom is -0.455 e. The molecule has 11 heteroatoms. The van der Waals surface area contributed by atoms with Crippen LogP contribution in [0.25, 0.3) is 0 Å². The van der Waals surface area contributed by atoms with Crippen LogP contribution < -0.4 is 0 Å². The lowest BCUT2D eigenvalue weighted by molar-refractivity contribution is -0.164. The van der Waals surface area contributed by atoms with Gasteiger partial charge in [0.05, 0.1) is 24.0 Å². The highest BCUT2D eigenvalue weighted by Crippen LogP contribution is 2.60. The number of ether oxygens (including phenoxy) is 2. The van der Waals surface area contributed by atoms with Crippen LogP contribution in [0.1, 0.15) is 71.0 Å². The van der Waals surface area contributed by atoms with Crippen molar-refractivity contribution in [3.8, 4) is 0 Å². The lowest BCUT2D eigenvalue weighted by Crippen LogP contribution is -2.58. The number of aliphatic hydroxyl groups excluding tert-OH is 1. The van der Waals surface area contributed by atoms with Crippen molar-refractivity contribution in [2.24, 2.45) is 11.8 Å². The van der Waals surface area contributed by atoms with Crippen LogP contribution in [0.3, 0.4) is 0 Å². The van der Waals surface area contributed by atoms with Gasteiger partial charge in [-0.25, -0.2) is 0 Å². The number of likely N-dealkylation sites (tertiary alicyclic amines) is 1. The van der Waals surface area contributed by atoms with Crippen molar-refractivity contribution in [3.05, 3.63) is 61.2 Å². The Morgan fingerprint density at radius 2 is 1.85 bits per heavy atom. The van der Waals surface area contributed by atoms with Gasteiger partial charge in [-0.3, -0.25) is 19.2 Å². The number of hydrogen-bond acceptors (Lipinski definition) is 7. The van der Waals surface area contributed by atoms with Crippen molar-refractivity contribution in [1.82, 2.24) is 14.7 Å². The van der Waals surface area contributed by atoms with Gasteiger partial charge in [0.25, 0.3) is 0 Å². The van der Waals surface area contributed by atoms with Crippen LogP contribution in [0.5, 0.6) is 0 Å². The lowest BCUT2D eigenvalue weighted by atomic mass is 9.70. The molecule has 0 radical (unpaired) electrons. The number of rotatable bonds is 17. The van der Waals surface area contributed by atoms with E-state index < -0.39 is 47.7 Å². The summed E-state index contributed by atoms with van der Waals surface area (Å²) in [6, 6.07) is 7.69. The van der Waals surface area contributed by atoms with Gasteiger partial charge in [-0.05, 0) is 58.4 Å². The first-order valence-corrected chi connectivity index (χ1v) is 17.6. The summed E-state index contributed by atoms with van der Waals surface area (Å²) >= 11 is 3.74. The second kappa shape index (κ2) is 15.9. The van der Waals surface area contributed by atoms with Crippen molar-refractivity contribution in [2.75, 3.05) is 26.7 Å². The molecule has 1 unspecified atom stereocenters. The molecule has 47 heavy (non-hydrogen) atoms. The van der Waals surface area contributed by atoms with Crippen molar-refractivity contribution >= 4 is 39.6 Å². The molecule has 1 aromatic carbocycles. The van der Waals surface area contributed by atoms with Gasteiger partial charge in [-0.2, -0.15) is 0 Å². The van der Waals surface area contributed by atoms with E-state index in [9.17, 15) is 24.3 Å². The fourth-order valence-electron chi connectivity index (χ4n) is 7.46. The van der Waals surface area contributed by atoms with Gasteiger partial charge in [0.15, 0.2) is 0 Å². The van der Waals surface area contributed by atoms with E-state index in [2.05, 4.69) is 29.1 Å². The summed E-state index contributed by atoms with van der Waals surface area (Å²) in [5.41, 5.74) is -0.494. The van der Waals surface area contributed by atoms with Gasteiger partial charge in [-0.15, -0.1) is 13.2 Å². The molecule has 3 aliphatic rings. The van der Waals surface area contributed by atoms with E-state index in [4.69, 9.17) is 9.47 Å². The number of likely N-dealkylation sites (N-methyl/N-ethyl adjacent to an activating group) is 1. The Morgan fingerprint density at radius 1 is 1.15 bits per heavy atom. The molecule has 2 bridgehead atoms. The zero-order valence-corrected chi connectivity index (χ0v) is 29.6. The SMILES string of the molecule is C=CCCC(=O)N(C)[C@H](C)[C@H](OC(=O)[C@@H]1[C@H]2O[C@@]3(CC2Br)[C@H](C(=O)N(CC=C)C(C)C)N(CCCCCO)C(=O)[C@@H]13)c1ccccc1. The predicted molar refractivity (Wildman–Crippen MR) is 182 cm³/mol. The van der Waals surface area contributed by atoms with Gasteiger partial charge in [0.1, 0.15) is 17.7 Å². The Hall–Kier alpha value is -3.02.